The highest BCUT2D eigenvalue weighted by Gasteiger charge is 2.10. The Kier molecular flexibility index (Phi) is 4.87. The van der Waals surface area contributed by atoms with Gasteiger partial charge in [0.25, 0.3) is 5.69 Å². The second kappa shape index (κ2) is 7.62. The number of thiazole rings is 1. The van der Waals surface area contributed by atoms with Crippen LogP contribution in [0.2, 0.25) is 0 Å². The van der Waals surface area contributed by atoms with E-state index in [9.17, 15) is 10.1 Å². The number of allylic oxidation sites excluding steroid dienone is 1. The van der Waals surface area contributed by atoms with Gasteiger partial charge in [-0.3, -0.25) is 10.1 Å². The molecule has 0 N–H and O–H groups in total. The van der Waals surface area contributed by atoms with E-state index < -0.39 is 4.92 Å². The molecule has 0 amide bonds. The zero-order valence-electron chi connectivity index (χ0n) is 15.0. The topological polar surface area (TPSA) is 60.4 Å². The second-order valence-electron chi connectivity index (χ2n) is 6.22. The molecular weight excluding hydrogens is 370 g/mol. The highest BCUT2D eigenvalue weighted by molar-refractivity contribution is 7.07. The van der Waals surface area contributed by atoms with Crippen LogP contribution in [0, 0.1) is 10.1 Å². The number of rotatable bonds is 5. The molecule has 0 aliphatic rings. The predicted molar refractivity (Wildman–Crippen MR) is 114 cm³/mol. The molecule has 138 valence electrons. The van der Waals surface area contributed by atoms with Gasteiger partial charge in [0.2, 0.25) is 0 Å². The number of nitrogens with zero attached hydrogens (tertiary/aromatic N) is 3. The summed E-state index contributed by atoms with van der Waals surface area (Å²) in [4.78, 5) is 16.3. The Bertz CT molecular complexity index is 1230. The quantitative estimate of drug-likeness (QED) is 0.251. The van der Waals surface area contributed by atoms with Gasteiger partial charge in [-0.2, -0.15) is 0 Å². The summed E-state index contributed by atoms with van der Waals surface area (Å²) in [7, 11) is 0. The van der Waals surface area contributed by atoms with Crippen LogP contribution < -0.4 is 4.80 Å². The van der Waals surface area contributed by atoms with Gasteiger partial charge < -0.3 is 4.57 Å². The molecule has 1 heterocycles. The molecular formula is C22H17N3O2S. The van der Waals surface area contributed by atoms with E-state index in [4.69, 9.17) is 4.99 Å². The van der Waals surface area contributed by atoms with Crippen molar-refractivity contribution in [2.45, 2.75) is 6.54 Å². The SMILES string of the molecule is C=CCn1c(-c2ccc([N+](=O)[O-])cc2)csc1=Nc1cccc2ccccc12. The van der Waals surface area contributed by atoms with Gasteiger partial charge in [0, 0.05) is 29.4 Å². The van der Waals surface area contributed by atoms with Crippen LogP contribution in [0.25, 0.3) is 22.0 Å². The van der Waals surface area contributed by atoms with Gasteiger partial charge in [-0.1, -0.05) is 42.5 Å². The molecule has 0 saturated heterocycles. The van der Waals surface area contributed by atoms with Gasteiger partial charge >= 0.3 is 0 Å². The Morgan fingerprint density at radius 3 is 2.57 bits per heavy atom. The van der Waals surface area contributed by atoms with Crippen molar-refractivity contribution in [1.29, 1.82) is 0 Å². The van der Waals surface area contributed by atoms with Crippen LogP contribution in [0.15, 0.2) is 89.8 Å². The van der Waals surface area contributed by atoms with Crippen LogP contribution in [0.1, 0.15) is 0 Å². The minimum Gasteiger partial charge on any atom is -0.313 e. The highest BCUT2D eigenvalue weighted by atomic mass is 32.1. The third-order valence-electron chi connectivity index (χ3n) is 4.47. The normalized spacial score (nSPS) is 11.6. The summed E-state index contributed by atoms with van der Waals surface area (Å²) < 4.78 is 2.07. The Labute approximate surface area is 165 Å². The molecule has 0 atom stereocenters. The Hall–Kier alpha value is -3.51. The maximum atomic E-state index is 10.9. The summed E-state index contributed by atoms with van der Waals surface area (Å²) in [5.41, 5.74) is 2.85. The smallest absolute Gasteiger partial charge is 0.269 e. The molecule has 0 bridgehead atoms. The first kappa shape index (κ1) is 17.9. The lowest BCUT2D eigenvalue weighted by Gasteiger charge is -2.07. The summed E-state index contributed by atoms with van der Waals surface area (Å²) in [6.45, 7) is 4.46. The number of nitro benzene ring substituents is 1. The number of non-ortho nitro benzene ring substituents is 1. The predicted octanol–water partition coefficient (Wildman–Crippen LogP) is 5.70. The summed E-state index contributed by atoms with van der Waals surface area (Å²) in [6.07, 6.45) is 1.82. The second-order valence-corrected chi connectivity index (χ2v) is 7.05. The zero-order chi connectivity index (χ0) is 19.5. The Balaban J connectivity index is 1.85. The van der Waals surface area contributed by atoms with Crippen LogP contribution in [-0.4, -0.2) is 9.49 Å². The van der Waals surface area contributed by atoms with Gasteiger partial charge in [-0.15, -0.1) is 17.9 Å². The first-order valence-corrected chi connectivity index (χ1v) is 9.62. The third-order valence-corrected chi connectivity index (χ3v) is 5.33. The van der Waals surface area contributed by atoms with Gasteiger partial charge in [-0.25, -0.2) is 4.99 Å². The fraction of sp³-hybridized carbons (Fsp3) is 0.0455. The fourth-order valence-corrected chi connectivity index (χ4v) is 4.05. The lowest BCUT2D eigenvalue weighted by Crippen LogP contribution is -2.14. The van der Waals surface area contributed by atoms with E-state index in [1.54, 1.807) is 12.1 Å². The Morgan fingerprint density at radius 1 is 1.07 bits per heavy atom. The minimum atomic E-state index is -0.392. The summed E-state index contributed by atoms with van der Waals surface area (Å²) >= 11 is 1.54. The van der Waals surface area contributed by atoms with Crippen LogP contribution in [0.5, 0.6) is 0 Å². The molecule has 0 aliphatic carbocycles. The van der Waals surface area contributed by atoms with E-state index in [2.05, 4.69) is 29.3 Å². The van der Waals surface area contributed by atoms with Crippen LogP contribution >= 0.6 is 11.3 Å². The molecule has 3 aromatic carbocycles. The van der Waals surface area contributed by atoms with Gasteiger partial charge in [0.1, 0.15) is 0 Å². The summed E-state index contributed by atoms with van der Waals surface area (Å²) in [5, 5.41) is 15.2. The van der Waals surface area contributed by atoms with Crippen molar-refractivity contribution in [3.05, 3.63) is 99.7 Å². The van der Waals surface area contributed by atoms with Crippen molar-refractivity contribution >= 4 is 33.5 Å². The molecule has 0 aliphatic heterocycles. The number of nitro groups is 1. The number of aromatic nitrogens is 1. The summed E-state index contributed by atoms with van der Waals surface area (Å²) in [5.74, 6) is 0. The highest BCUT2D eigenvalue weighted by Crippen LogP contribution is 2.27. The Morgan fingerprint density at radius 2 is 1.82 bits per heavy atom. The molecule has 0 radical (unpaired) electrons. The van der Waals surface area contributed by atoms with E-state index >= 15 is 0 Å². The number of hydrogen-bond donors (Lipinski definition) is 0. The molecule has 4 aromatic rings. The van der Waals surface area contributed by atoms with Crippen molar-refractivity contribution in [2.24, 2.45) is 4.99 Å². The number of fused-ring (bicyclic) bond motifs is 1. The average Bonchev–Trinajstić information content (AvgIpc) is 3.11. The van der Waals surface area contributed by atoms with Gasteiger partial charge in [0.05, 0.1) is 16.3 Å². The summed E-state index contributed by atoms with van der Waals surface area (Å²) in [6, 6.07) is 20.8. The zero-order valence-corrected chi connectivity index (χ0v) is 15.8. The monoisotopic (exact) mass is 387 g/mol. The van der Waals surface area contributed by atoms with Crippen molar-refractivity contribution in [3.8, 4) is 11.3 Å². The first-order chi connectivity index (χ1) is 13.7. The van der Waals surface area contributed by atoms with Gasteiger partial charge in [-0.05, 0) is 29.1 Å². The number of benzene rings is 3. The van der Waals surface area contributed by atoms with E-state index in [0.29, 0.717) is 6.54 Å². The van der Waals surface area contributed by atoms with Crippen LogP contribution in [-0.2, 0) is 6.54 Å². The number of hydrogen-bond acceptors (Lipinski definition) is 4. The molecule has 28 heavy (non-hydrogen) atoms. The van der Waals surface area contributed by atoms with E-state index in [-0.39, 0.29) is 5.69 Å². The molecule has 1 aromatic heterocycles. The minimum absolute atomic E-state index is 0.0786. The van der Waals surface area contributed by atoms with Crippen molar-refractivity contribution in [3.63, 3.8) is 0 Å². The molecule has 5 nitrogen and oxygen atoms in total. The van der Waals surface area contributed by atoms with Gasteiger partial charge in [0.15, 0.2) is 4.80 Å². The molecule has 6 heteroatoms. The first-order valence-electron chi connectivity index (χ1n) is 8.74. The fourth-order valence-electron chi connectivity index (χ4n) is 3.12. The van der Waals surface area contributed by atoms with Crippen LogP contribution in [0.3, 0.4) is 0 Å². The lowest BCUT2D eigenvalue weighted by molar-refractivity contribution is -0.384. The van der Waals surface area contributed by atoms with E-state index in [1.807, 2.05) is 35.7 Å². The van der Waals surface area contributed by atoms with Crippen LogP contribution in [0.4, 0.5) is 11.4 Å². The van der Waals surface area contributed by atoms with E-state index in [0.717, 1.165) is 32.5 Å². The molecule has 4 rings (SSSR count). The van der Waals surface area contributed by atoms with Crippen molar-refractivity contribution in [1.82, 2.24) is 4.57 Å². The average molecular weight is 387 g/mol. The van der Waals surface area contributed by atoms with E-state index in [1.165, 1.54) is 23.5 Å². The maximum absolute atomic E-state index is 10.9. The largest absolute Gasteiger partial charge is 0.313 e. The molecule has 0 spiro atoms. The third kappa shape index (κ3) is 3.37. The van der Waals surface area contributed by atoms with Crippen molar-refractivity contribution in [2.75, 3.05) is 0 Å². The lowest BCUT2D eigenvalue weighted by atomic mass is 10.1. The molecule has 0 unspecified atom stereocenters. The molecule has 0 saturated carbocycles. The van der Waals surface area contributed by atoms with Crippen molar-refractivity contribution < 1.29 is 4.92 Å². The molecule has 0 fully saturated rings. The standard InChI is InChI=1S/C22H17N3O2S/c1-2-14-24-21(17-10-12-18(13-11-17)25(26)27)15-28-22(24)23-20-9-5-7-16-6-3-4-8-19(16)20/h2-13,15H,1,14H2. The maximum Gasteiger partial charge on any atom is 0.269 e.